The Balaban J connectivity index is 0.00000441. The topological polar surface area (TPSA) is 116 Å². The average Bonchev–Trinajstić information content (AvgIpc) is 2.81. The van der Waals surface area contributed by atoms with Crippen LogP contribution in [-0.2, 0) is 14.4 Å². The van der Waals surface area contributed by atoms with E-state index in [-0.39, 0.29) is 36.7 Å². The molecule has 8 heteroatoms. The number of halogens is 1. The van der Waals surface area contributed by atoms with Crippen LogP contribution in [0.1, 0.15) is 33.6 Å². The summed E-state index contributed by atoms with van der Waals surface area (Å²) in [6.07, 6.45) is 0.756. The maximum atomic E-state index is 11.9. The second-order valence-electron chi connectivity index (χ2n) is 5.99. The van der Waals surface area contributed by atoms with Crippen LogP contribution in [0.15, 0.2) is 0 Å². The zero-order valence-corrected chi connectivity index (χ0v) is 13.9. The van der Waals surface area contributed by atoms with Crippen molar-refractivity contribution < 1.29 is 24.6 Å². The number of rotatable bonds is 7. The molecule has 22 heavy (non-hydrogen) atoms. The first kappa shape index (κ1) is 20.8. The Hall–Kier alpha value is -1.18. The fourth-order valence-electron chi connectivity index (χ4n) is 2.90. The molecular weight excluding hydrogens is 312 g/mol. The van der Waals surface area contributed by atoms with E-state index >= 15 is 0 Å². The summed E-state index contributed by atoms with van der Waals surface area (Å²) in [5.41, 5.74) is 0. The lowest BCUT2D eigenvalue weighted by Crippen LogP contribution is -2.53. The predicted octanol–water partition coefficient (Wildman–Crippen LogP) is -0.0483. The number of nitrogens with one attached hydrogen (secondary N) is 2. The smallest absolute Gasteiger partial charge is 0.320 e. The lowest BCUT2D eigenvalue weighted by molar-refractivity contribution is -0.139. The van der Waals surface area contributed by atoms with Gasteiger partial charge in [0.1, 0.15) is 12.6 Å². The number of hydrogen-bond acceptors (Lipinski definition) is 5. The van der Waals surface area contributed by atoms with E-state index in [0.717, 1.165) is 0 Å². The van der Waals surface area contributed by atoms with E-state index in [1.165, 1.54) is 6.92 Å². The summed E-state index contributed by atoms with van der Waals surface area (Å²) in [4.78, 5) is 34.4. The van der Waals surface area contributed by atoms with Gasteiger partial charge >= 0.3 is 5.97 Å². The zero-order valence-electron chi connectivity index (χ0n) is 13.0. The molecule has 4 N–H and O–H groups in total. The van der Waals surface area contributed by atoms with Crippen molar-refractivity contribution in [1.29, 1.82) is 0 Å². The van der Waals surface area contributed by atoms with E-state index in [2.05, 4.69) is 10.6 Å². The first-order valence-corrected chi connectivity index (χ1v) is 7.15. The normalized spacial score (nSPS) is 25.4. The summed E-state index contributed by atoms with van der Waals surface area (Å²) in [6.45, 7) is 4.74. The molecule has 0 radical (unpaired) electrons. The second-order valence-corrected chi connectivity index (χ2v) is 5.99. The number of carbonyl (C=O) groups is 3. The number of aliphatic carboxylic acids is 1. The van der Waals surface area contributed by atoms with Gasteiger partial charge in [-0.05, 0) is 18.8 Å². The molecule has 0 spiro atoms. The van der Waals surface area contributed by atoms with Gasteiger partial charge in [0.05, 0.1) is 0 Å². The van der Waals surface area contributed by atoms with Crippen LogP contribution in [0.3, 0.4) is 0 Å². The fraction of sp³-hybridized carbons (Fsp3) is 0.786. The molecular formula is C14H25ClN2O5. The molecule has 0 aromatic rings. The Morgan fingerprint density at radius 2 is 1.91 bits per heavy atom. The van der Waals surface area contributed by atoms with Crippen molar-refractivity contribution >= 4 is 30.1 Å². The van der Waals surface area contributed by atoms with E-state index < -0.39 is 36.4 Å². The Morgan fingerprint density at radius 3 is 2.32 bits per heavy atom. The molecule has 0 aromatic heterocycles. The molecule has 1 heterocycles. The molecule has 1 fully saturated rings. The van der Waals surface area contributed by atoms with Crippen molar-refractivity contribution in [3.8, 4) is 0 Å². The van der Waals surface area contributed by atoms with Gasteiger partial charge in [-0.1, -0.05) is 13.8 Å². The monoisotopic (exact) mass is 336 g/mol. The molecule has 128 valence electrons. The van der Waals surface area contributed by atoms with E-state index in [1.54, 1.807) is 0 Å². The summed E-state index contributed by atoms with van der Waals surface area (Å²) in [5, 5.41) is 23.9. The summed E-state index contributed by atoms with van der Waals surface area (Å²) < 4.78 is 0. The maximum Gasteiger partial charge on any atom is 0.320 e. The summed E-state index contributed by atoms with van der Waals surface area (Å²) >= 11 is 0. The minimum atomic E-state index is -1.03. The first-order valence-electron chi connectivity index (χ1n) is 7.15. The summed E-state index contributed by atoms with van der Waals surface area (Å²) in [5.74, 6) is -1.98. The van der Waals surface area contributed by atoms with Crippen LogP contribution in [0.25, 0.3) is 0 Å². The Bertz CT molecular complexity index is 416. The van der Waals surface area contributed by atoms with Crippen molar-refractivity contribution in [3.05, 3.63) is 0 Å². The van der Waals surface area contributed by atoms with Crippen molar-refractivity contribution in [2.75, 3.05) is 6.61 Å². The van der Waals surface area contributed by atoms with Gasteiger partial charge in [0.15, 0.2) is 5.78 Å². The molecule has 0 bridgehead atoms. The third kappa shape index (κ3) is 5.55. The Kier molecular flexibility index (Phi) is 8.58. The molecule has 1 amide bonds. The number of ketones is 1. The number of Topliss-reactive ketones (excluding diaryl/α,β-unsaturated/α-hetero) is 1. The number of amides is 1. The molecule has 1 aliphatic heterocycles. The third-order valence-electron chi connectivity index (χ3n) is 3.73. The minimum Gasteiger partial charge on any atom is -0.480 e. The van der Waals surface area contributed by atoms with Gasteiger partial charge in [0.25, 0.3) is 0 Å². The highest BCUT2D eigenvalue weighted by molar-refractivity contribution is 5.86. The second kappa shape index (κ2) is 9.07. The standard InChI is InChI=1S/C14H24N2O5.ClH/c1-7(2)4-10(15-8(3)18)13-9(12(19)6-17)5-11(16-13)14(20)21;/h7,9-11,13,16-17H,4-6H2,1-3H3,(H,15,18)(H,20,21);1H/t9-,10-,11+,13+;/m0./s1. The molecule has 0 unspecified atom stereocenters. The van der Waals surface area contributed by atoms with Crippen molar-refractivity contribution in [3.63, 3.8) is 0 Å². The average molecular weight is 337 g/mol. The van der Waals surface area contributed by atoms with E-state index in [4.69, 9.17) is 10.2 Å². The highest BCUT2D eigenvalue weighted by atomic mass is 35.5. The summed E-state index contributed by atoms with van der Waals surface area (Å²) in [7, 11) is 0. The van der Waals surface area contributed by atoms with Gasteiger partial charge in [-0.25, -0.2) is 0 Å². The van der Waals surface area contributed by atoms with Crippen LogP contribution in [-0.4, -0.2) is 52.6 Å². The lowest BCUT2D eigenvalue weighted by atomic mass is 9.86. The predicted molar refractivity (Wildman–Crippen MR) is 82.9 cm³/mol. The van der Waals surface area contributed by atoms with Gasteiger partial charge in [0.2, 0.25) is 5.91 Å². The number of aliphatic hydroxyl groups is 1. The van der Waals surface area contributed by atoms with Crippen LogP contribution < -0.4 is 10.6 Å². The van der Waals surface area contributed by atoms with Crippen molar-refractivity contribution in [2.24, 2.45) is 11.8 Å². The van der Waals surface area contributed by atoms with Gasteiger partial charge in [-0.2, -0.15) is 0 Å². The Morgan fingerprint density at radius 1 is 1.32 bits per heavy atom. The molecule has 1 aliphatic rings. The van der Waals surface area contributed by atoms with Crippen LogP contribution in [0.2, 0.25) is 0 Å². The number of carboxylic acids is 1. The summed E-state index contributed by atoms with van der Waals surface area (Å²) in [6, 6.07) is -1.65. The van der Waals surface area contributed by atoms with Crippen LogP contribution in [0.5, 0.6) is 0 Å². The minimum absolute atomic E-state index is 0. The molecule has 1 saturated heterocycles. The van der Waals surface area contributed by atoms with Gasteiger partial charge < -0.3 is 15.5 Å². The fourth-order valence-corrected chi connectivity index (χ4v) is 2.90. The first-order chi connectivity index (χ1) is 9.76. The molecule has 0 aromatic carbocycles. The molecule has 7 nitrogen and oxygen atoms in total. The van der Waals surface area contributed by atoms with E-state index in [1.807, 2.05) is 13.8 Å². The van der Waals surface area contributed by atoms with Gasteiger partial charge in [-0.15, -0.1) is 12.4 Å². The SMILES string of the molecule is CC(=O)N[C@@H](CC(C)C)[C@@H]1N[C@@H](C(=O)O)C[C@H]1C(=O)CO.Cl. The number of carboxylic acid groups (broad SMARTS) is 1. The van der Waals surface area contributed by atoms with Gasteiger partial charge in [-0.3, -0.25) is 19.7 Å². The van der Waals surface area contributed by atoms with Crippen LogP contribution in [0, 0.1) is 11.8 Å². The number of carbonyl (C=O) groups excluding carboxylic acids is 2. The lowest BCUT2D eigenvalue weighted by Gasteiger charge is -2.29. The quantitative estimate of drug-likeness (QED) is 0.518. The van der Waals surface area contributed by atoms with E-state index in [0.29, 0.717) is 6.42 Å². The largest absolute Gasteiger partial charge is 0.480 e. The zero-order chi connectivity index (χ0) is 16.2. The van der Waals surface area contributed by atoms with Gasteiger partial charge in [0, 0.05) is 24.9 Å². The third-order valence-corrected chi connectivity index (χ3v) is 3.73. The highest BCUT2D eigenvalue weighted by Crippen LogP contribution is 2.26. The van der Waals surface area contributed by atoms with Crippen LogP contribution in [0.4, 0.5) is 0 Å². The molecule has 0 saturated carbocycles. The highest BCUT2D eigenvalue weighted by Gasteiger charge is 2.44. The van der Waals surface area contributed by atoms with Crippen molar-refractivity contribution in [1.82, 2.24) is 10.6 Å². The Labute approximate surface area is 136 Å². The molecule has 1 rings (SSSR count). The van der Waals surface area contributed by atoms with Crippen LogP contribution >= 0.6 is 12.4 Å². The van der Waals surface area contributed by atoms with E-state index in [9.17, 15) is 14.4 Å². The maximum absolute atomic E-state index is 11.9. The molecule has 0 aliphatic carbocycles. The molecule has 4 atom stereocenters. The number of aliphatic hydroxyl groups excluding tert-OH is 1. The van der Waals surface area contributed by atoms with Crippen molar-refractivity contribution in [2.45, 2.75) is 51.7 Å². The number of hydrogen-bond donors (Lipinski definition) is 4.